The molecule has 5 nitrogen and oxygen atoms in total. The molecule has 0 spiro atoms. The van der Waals surface area contributed by atoms with E-state index in [1.54, 1.807) is 24.3 Å². The standard InChI is InChI=1S/C15H14F2N2O3S/c1-18-13(20)10-4-2-3-9(7-10)8-19-14(21)12-11(5-6-23-12)22-15(16)17/h2-7,15H,8H2,1H3,(H,18,20)(H,19,21). The van der Waals surface area contributed by atoms with Gasteiger partial charge in [0.15, 0.2) is 0 Å². The monoisotopic (exact) mass is 340 g/mol. The van der Waals surface area contributed by atoms with Crippen molar-refractivity contribution >= 4 is 23.2 Å². The smallest absolute Gasteiger partial charge is 0.387 e. The molecule has 2 amide bonds. The van der Waals surface area contributed by atoms with Crippen molar-refractivity contribution in [1.29, 1.82) is 0 Å². The van der Waals surface area contributed by atoms with Gasteiger partial charge < -0.3 is 15.4 Å². The van der Waals surface area contributed by atoms with Crippen molar-refractivity contribution in [3.63, 3.8) is 0 Å². The lowest BCUT2D eigenvalue weighted by Gasteiger charge is -2.08. The lowest BCUT2D eigenvalue weighted by Crippen LogP contribution is -2.23. The molecule has 2 aromatic rings. The van der Waals surface area contributed by atoms with Crippen LogP contribution in [0.15, 0.2) is 35.7 Å². The first-order chi connectivity index (χ1) is 11.0. The third-order valence-electron chi connectivity index (χ3n) is 2.92. The number of benzene rings is 1. The fraction of sp³-hybridized carbons (Fsp3) is 0.200. The van der Waals surface area contributed by atoms with Gasteiger partial charge in [-0.05, 0) is 29.1 Å². The summed E-state index contributed by atoms with van der Waals surface area (Å²) in [6.07, 6.45) is 0. The average molecular weight is 340 g/mol. The first-order valence-corrected chi connectivity index (χ1v) is 7.50. The number of hydrogen-bond donors (Lipinski definition) is 2. The molecule has 1 aromatic heterocycles. The van der Waals surface area contributed by atoms with Gasteiger partial charge in [0.25, 0.3) is 11.8 Å². The van der Waals surface area contributed by atoms with Crippen LogP contribution in [0.2, 0.25) is 0 Å². The Labute approximate surface area is 135 Å². The largest absolute Gasteiger partial charge is 0.433 e. The van der Waals surface area contributed by atoms with Crippen molar-refractivity contribution in [1.82, 2.24) is 10.6 Å². The Balaban J connectivity index is 2.02. The van der Waals surface area contributed by atoms with Crippen LogP contribution in [0.25, 0.3) is 0 Å². The molecule has 2 rings (SSSR count). The van der Waals surface area contributed by atoms with E-state index in [9.17, 15) is 18.4 Å². The second-order valence-corrected chi connectivity index (χ2v) is 5.37. The molecule has 2 N–H and O–H groups in total. The van der Waals surface area contributed by atoms with Crippen molar-refractivity contribution in [3.05, 3.63) is 51.7 Å². The van der Waals surface area contributed by atoms with Gasteiger partial charge in [0, 0.05) is 19.2 Å². The zero-order valence-corrected chi connectivity index (χ0v) is 13.0. The summed E-state index contributed by atoms with van der Waals surface area (Å²) in [5.41, 5.74) is 1.18. The molecular weight excluding hydrogens is 326 g/mol. The third-order valence-corrected chi connectivity index (χ3v) is 3.82. The molecule has 0 aliphatic rings. The van der Waals surface area contributed by atoms with Crippen LogP contribution < -0.4 is 15.4 Å². The number of hydrogen-bond acceptors (Lipinski definition) is 4. The minimum atomic E-state index is -2.99. The van der Waals surface area contributed by atoms with Crippen molar-refractivity contribution in [2.75, 3.05) is 7.05 Å². The second-order valence-electron chi connectivity index (χ2n) is 4.45. The van der Waals surface area contributed by atoms with Crippen LogP contribution >= 0.6 is 11.3 Å². The van der Waals surface area contributed by atoms with Crippen molar-refractivity contribution in [3.8, 4) is 5.75 Å². The highest BCUT2D eigenvalue weighted by Crippen LogP contribution is 2.26. The minimum absolute atomic E-state index is 0.0766. The van der Waals surface area contributed by atoms with Crippen LogP contribution in [0.5, 0.6) is 5.75 Å². The number of halogens is 2. The first kappa shape index (κ1) is 16.9. The number of rotatable bonds is 6. The van der Waals surface area contributed by atoms with E-state index in [-0.39, 0.29) is 23.1 Å². The number of nitrogens with one attached hydrogen (secondary N) is 2. The Morgan fingerprint density at radius 1 is 1.26 bits per heavy atom. The van der Waals surface area contributed by atoms with E-state index in [1.807, 2.05) is 0 Å². The lowest BCUT2D eigenvalue weighted by molar-refractivity contribution is -0.0498. The van der Waals surface area contributed by atoms with E-state index in [0.29, 0.717) is 11.1 Å². The summed E-state index contributed by atoms with van der Waals surface area (Å²) in [6.45, 7) is -2.82. The number of carbonyl (C=O) groups excluding carboxylic acids is 2. The Bertz CT molecular complexity index is 704. The molecule has 0 saturated heterocycles. The van der Waals surface area contributed by atoms with Crippen LogP contribution in [0, 0.1) is 0 Å². The molecule has 8 heteroatoms. The van der Waals surface area contributed by atoms with E-state index >= 15 is 0 Å². The third kappa shape index (κ3) is 4.49. The van der Waals surface area contributed by atoms with Gasteiger partial charge in [-0.3, -0.25) is 9.59 Å². The van der Waals surface area contributed by atoms with Crippen LogP contribution in [-0.2, 0) is 6.54 Å². The van der Waals surface area contributed by atoms with E-state index in [4.69, 9.17) is 0 Å². The topological polar surface area (TPSA) is 67.4 Å². The Hall–Kier alpha value is -2.48. The summed E-state index contributed by atoms with van der Waals surface area (Å²) in [6, 6.07) is 8.06. The maximum Gasteiger partial charge on any atom is 0.387 e. The predicted octanol–water partition coefficient (Wildman–Crippen LogP) is 2.64. The molecule has 0 atom stereocenters. The van der Waals surface area contributed by atoms with Gasteiger partial charge in [0.1, 0.15) is 10.6 Å². The first-order valence-electron chi connectivity index (χ1n) is 6.62. The summed E-state index contributed by atoms with van der Waals surface area (Å²) < 4.78 is 28.8. The van der Waals surface area contributed by atoms with E-state index in [1.165, 1.54) is 18.5 Å². The lowest BCUT2D eigenvalue weighted by atomic mass is 10.1. The molecule has 0 aliphatic carbocycles. The van der Waals surface area contributed by atoms with Gasteiger partial charge in [-0.2, -0.15) is 8.78 Å². The van der Waals surface area contributed by atoms with Crippen LogP contribution in [0.3, 0.4) is 0 Å². The molecule has 0 aliphatic heterocycles. The number of alkyl halides is 2. The maximum atomic E-state index is 12.3. The molecule has 23 heavy (non-hydrogen) atoms. The van der Waals surface area contributed by atoms with E-state index < -0.39 is 12.5 Å². The summed E-state index contributed by atoms with van der Waals surface area (Å²) in [5.74, 6) is -0.897. The molecule has 0 fully saturated rings. The molecule has 122 valence electrons. The molecule has 0 unspecified atom stereocenters. The van der Waals surface area contributed by atoms with Gasteiger partial charge in [-0.15, -0.1) is 11.3 Å². The summed E-state index contributed by atoms with van der Waals surface area (Å²) >= 11 is 1.01. The maximum absolute atomic E-state index is 12.3. The summed E-state index contributed by atoms with van der Waals surface area (Å²) in [5, 5.41) is 6.62. The van der Waals surface area contributed by atoms with Crippen molar-refractivity contribution < 1.29 is 23.1 Å². The van der Waals surface area contributed by atoms with Crippen LogP contribution in [-0.4, -0.2) is 25.5 Å². The highest BCUT2D eigenvalue weighted by molar-refractivity contribution is 7.12. The zero-order chi connectivity index (χ0) is 16.8. The highest BCUT2D eigenvalue weighted by Gasteiger charge is 2.17. The van der Waals surface area contributed by atoms with Gasteiger partial charge in [-0.25, -0.2) is 0 Å². The quantitative estimate of drug-likeness (QED) is 0.849. The molecule has 0 bridgehead atoms. The minimum Gasteiger partial charge on any atom is -0.433 e. The number of thiophene rings is 1. The normalized spacial score (nSPS) is 10.4. The van der Waals surface area contributed by atoms with Crippen molar-refractivity contribution in [2.45, 2.75) is 13.2 Å². The zero-order valence-electron chi connectivity index (χ0n) is 12.1. The van der Waals surface area contributed by atoms with Crippen LogP contribution in [0.4, 0.5) is 8.78 Å². The number of ether oxygens (including phenoxy) is 1. The Kier molecular flexibility index (Phi) is 5.64. The molecule has 1 aromatic carbocycles. The second kappa shape index (κ2) is 7.68. The van der Waals surface area contributed by atoms with Gasteiger partial charge in [0.2, 0.25) is 0 Å². The SMILES string of the molecule is CNC(=O)c1cccc(CNC(=O)c2sccc2OC(F)F)c1. The molecular formula is C15H14F2N2O3S. The Morgan fingerprint density at radius 2 is 2.04 bits per heavy atom. The fourth-order valence-corrected chi connectivity index (χ4v) is 2.62. The average Bonchev–Trinajstić information content (AvgIpc) is 2.99. The van der Waals surface area contributed by atoms with Crippen molar-refractivity contribution in [2.24, 2.45) is 0 Å². The predicted molar refractivity (Wildman–Crippen MR) is 82.0 cm³/mol. The molecule has 1 heterocycles. The van der Waals surface area contributed by atoms with Gasteiger partial charge in [0.05, 0.1) is 0 Å². The van der Waals surface area contributed by atoms with Gasteiger partial charge in [-0.1, -0.05) is 12.1 Å². The van der Waals surface area contributed by atoms with E-state index in [2.05, 4.69) is 15.4 Å². The number of carbonyl (C=O) groups is 2. The van der Waals surface area contributed by atoms with Gasteiger partial charge >= 0.3 is 6.61 Å². The molecule has 0 radical (unpaired) electrons. The van der Waals surface area contributed by atoms with E-state index in [0.717, 1.165) is 11.3 Å². The number of amides is 2. The highest BCUT2D eigenvalue weighted by atomic mass is 32.1. The Morgan fingerprint density at radius 3 is 2.74 bits per heavy atom. The fourth-order valence-electron chi connectivity index (χ4n) is 1.88. The summed E-state index contributed by atoms with van der Waals surface area (Å²) in [4.78, 5) is 23.7. The van der Waals surface area contributed by atoms with Crippen LogP contribution in [0.1, 0.15) is 25.6 Å². The summed E-state index contributed by atoms with van der Waals surface area (Å²) in [7, 11) is 1.53. The molecule has 0 saturated carbocycles.